The first-order valence-corrected chi connectivity index (χ1v) is 24.1. The first-order valence-electron chi connectivity index (χ1n) is 24.1. The Hall–Kier alpha value is -1.33. The Kier molecular flexibility index (Phi) is 36.6. The van der Waals surface area contributed by atoms with Gasteiger partial charge in [-0.3, -0.25) is 4.79 Å². The van der Waals surface area contributed by atoms with E-state index in [1.807, 2.05) is 6.08 Å². The average molecular weight is 810 g/mol. The quantitative estimate of drug-likeness (QED) is 0.0265. The summed E-state index contributed by atoms with van der Waals surface area (Å²) in [5.74, 6) is -0.191. The maximum Gasteiger partial charge on any atom is 0.220 e. The van der Waals surface area contributed by atoms with Gasteiger partial charge in [0.25, 0.3) is 0 Å². The van der Waals surface area contributed by atoms with E-state index in [-0.39, 0.29) is 12.5 Å². The molecule has 1 saturated heterocycles. The molecule has 7 atom stereocenters. The van der Waals surface area contributed by atoms with Crippen molar-refractivity contribution in [3.63, 3.8) is 0 Å². The zero-order chi connectivity index (χ0) is 41.6. The summed E-state index contributed by atoms with van der Waals surface area (Å²) in [6.45, 7) is 3.73. The summed E-state index contributed by atoms with van der Waals surface area (Å²) in [4.78, 5) is 12.9. The number of nitrogens with one attached hydrogen (secondary N) is 1. The van der Waals surface area contributed by atoms with Crippen molar-refractivity contribution in [3.05, 3.63) is 24.3 Å². The largest absolute Gasteiger partial charge is 0.394 e. The highest BCUT2D eigenvalue weighted by Gasteiger charge is 2.44. The fraction of sp³-hybridized carbons (Fsp3) is 0.896. The van der Waals surface area contributed by atoms with E-state index in [1.54, 1.807) is 6.08 Å². The van der Waals surface area contributed by atoms with Crippen molar-refractivity contribution in [2.24, 2.45) is 0 Å². The lowest BCUT2D eigenvalue weighted by atomic mass is 9.99. The smallest absolute Gasteiger partial charge is 0.220 e. The molecule has 0 bridgehead atoms. The van der Waals surface area contributed by atoms with E-state index in [0.29, 0.717) is 6.42 Å². The molecule has 0 saturated carbocycles. The van der Waals surface area contributed by atoms with Gasteiger partial charge in [-0.15, -0.1) is 0 Å². The van der Waals surface area contributed by atoms with Crippen LogP contribution in [0.3, 0.4) is 0 Å². The van der Waals surface area contributed by atoms with Crippen LogP contribution in [0.2, 0.25) is 0 Å². The minimum Gasteiger partial charge on any atom is -0.394 e. The normalized spacial score (nSPS) is 21.1. The number of hydrogen-bond acceptors (Lipinski definition) is 8. The van der Waals surface area contributed by atoms with Gasteiger partial charge in [0.15, 0.2) is 6.29 Å². The summed E-state index contributed by atoms with van der Waals surface area (Å²) < 4.78 is 11.2. The fourth-order valence-electron chi connectivity index (χ4n) is 7.61. The molecular weight excluding hydrogens is 719 g/mol. The molecule has 1 amide bonds. The van der Waals surface area contributed by atoms with Crippen LogP contribution in [0.1, 0.15) is 219 Å². The molecule has 9 heteroatoms. The molecule has 7 unspecified atom stereocenters. The van der Waals surface area contributed by atoms with Crippen molar-refractivity contribution < 1.29 is 39.8 Å². The number of allylic oxidation sites excluding steroid dienone is 3. The lowest BCUT2D eigenvalue weighted by Gasteiger charge is -2.40. The third kappa shape index (κ3) is 29.5. The summed E-state index contributed by atoms with van der Waals surface area (Å²) in [5, 5.41) is 54.1. The molecule has 0 spiro atoms. The van der Waals surface area contributed by atoms with Gasteiger partial charge in [-0.2, -0.15) is 0 Å². The molecule has 57 heavy (non-hydrogen) atoms. The topological polar surface area (TPSA) is 149 Å². The van der Waals surface area contributed by atoms with Crippen molar-refractivity contribution in [1.82, 2.24) is 5.32 Å². The van der Waals surface area contributed by atoms with Gasteiger partial charge < -0.3 is 40.3 Å². The lowest BCUT2D eigenvalue weighted by Crippen LogP contribution is -2.60. The molecule has 1 aliphatic heterocycles. The zero-order valence-electron chi connectivity index (χ0n) is 36.9. The van der Waals surface area contributed by atoms with Crippen LogP contribution in [0.5, 0.6) is 0 Å². The van der Waals surface area contributed by atoms with E-state index in [0.717, 1.165) is 57.8 Å². The summed E-state index contributed by atoms with van der Waals surface area (Å²) in [5.41, 5.74) is 0. The maximum atomic E-state index is 12.9. The summed E-state index contributed by atoms with van der Waals surface area (Å²) in [6.07, 6.45) is 39.6. The van der Waals surface area contributed by atoms with Crippen molar-refractivity contribution in [2.45, 2.75) is 262 Å². The van der Waals surface area contributed by atoms with Crippen LogP contribution >= 0.6 is 0 Å². The molecule has 1 rings (SSSR count). The molecule has 0 aromatic heterocycles. The number of unbranched alkanes of at least 4 members (excludes halogenated alkanes) is 28. The van der Waals surface area contributed by atoms with Crippen LogP contribution in [0.4, 0.5) is 0 Å². The number of rotatable bonds is 40. The summed E-state index contributed by atoms with van der Waals surface area (Å²) >= 11 is 0. The van der Waals surface area contributed by atoms with Crippen molar-refractivity contribution in [1.29, 1.82) is 0 Å². The van der Waals surface area contributed by atoms with Gasteiger partial charge in [0, 0.05) is 6.42 Å². The number of hydrogen-bond donors (Lipinski definition) is 6. The lowest BCUT2D eigenvalue weighted by molar-refractivity contribution is -0.302. The molecule has 0 aromatic rings. The summed E-state index contributed by atoms with van der Waals surface area (Å²) in [6, 6.07) is -0.807. The molecule has 0 radical (unpaired) electrons. The standard InChI is InChI=1S/C48H91NO8/c1-3-5-7-9-11-13-15-16-17-18-19-20-21-22-23-24-25-26-27-28-29-31-33-35-37-42(51)41(40-56-48-47(55)46(54)45(53)43(39-50)57-48)49-44(52)38-36-34-32-30-14-12-10-8-6-4-2/h10,12,35,37,41-43,45-48,50-51,53-55H,3-9,11,13-34,36,38-40H2,1-2H3,(H,49,52)/b12-10-,37-35+. The minimum atomic E-state index is -1.57. The third-order valence-corrected chi connectivity index (χ3v) is 11.5. The van der Waals surface area contributed by atoms with E-state index in [2.05, 4.69) is 31.3 Å². The van der Waals surface area contributed by atoms with Gasteiger partial charge in [-0.1, -0.05) is 199 Å². The predicted octanol–water partition coefficient (Wildman–Crippen LogP) is 10.3. The predicted molar refractivity (Wildman–Crippen MR) is 235 cm³/mol. The molecule has 1 fully saturated rings. The molecule has 9 nitrogen and oxygen atoms in total. The highest BCUT2D eigenvalue weighted by molar-refractivity contribution is 5.76. The van der Waals surface area contributed by atoms with Crippen molar-refractivity contribution >= 4 is 5.91 Å². The SMILES string of the molecule is CCCC/C=C\CCCCCCC(=O)NC(COC1OC(CO)C(O)C(O)C1O)C(O)/C=C/CCCCCCCCCCCCCCCCCCCCCCCC. The van der Waals surface area contributed by atoms with E-state index >= 15 is 0 Å². The Labute approximate surface area is 349 Å². The van der Waals surface area contributed by atoms with E-state index in [4.69, 9.17) is 9.47 Å². The summed E-state index contributed by atoms with van der Waals surface area (Å²) in [7, 11) is 0. The van der Waals surface area contributed by atoms with Crippen LogP contribution in [0, 0.1) is 0 Å². The molecular formula is C48H91NO8. The van der Waals surface area contributed by atoms with Gasteiger partial charge in [0.2, 0.25) is 5.91 Å². The molecule has 0 aliphatic carbocycles. The molecule has 336 valence electrons. The number of amides is 1. The fourth-order valence-corrected chi connectivity index (χ4v) is 7.61. The van der Waals surface area contributed by atoms with Crippen LogP contribution in [0.15, 0.2) is 24.3 Å². The third-order valence-electron chi connectivity index (χ3n) is 11.5. The van der Waals surface area contributed by atoms with Gasteiger partial charge in [-0.25, -0.2) is 0 Å². The second-order valence-corrected chi connectivity index (χ2v) is 16.9. The van der Waals surface area contributed by atoms with Crippen LogP contribution < -0.4 is 5.32 Å². The molecule has 0 aromatic carbocycles. The molecule has 6 N–H and O–H groups in total. The molecule has 1 heterocycles. The highest BCUT2D eigenvalue weighted by Crippen LogP contribution is 2.23. The first-order chi connectivity index (χ1) is 27.8. The van der Waals surface area contributed by atoms with Gasteiger partial charge >= 0.3 is 0 Å². The first kappa shape index (κ1) is 53.7. The Bertz CT molecular complexity index is 945. The number of aliphatic hydroxyl groups is 5. The van der Waals surface area contributed by atoms with Crippen LogP contribution in [-0.4, -0.2) is 87.5 Å². The maximum absolute atomic E-state index is 12.9. The second-order valence-electron chi connectivity index (χ2n) is 16.9. The Morgan fingerprint density at radius 1 is 0.579 bits per heavy atom. The Balaban J connectivity index is 2.25. The average Bonchev–Trinajstić information content (AvgIpc) is 3.21. The zero-order valence-corrected chi connectivity index (χ0v) is 36.9. The van der Waals surface area contributed by atoms with Gasteiger partial charge in [-0.05, 0) is 38.5 Å². The number of aliphatic hydroxyl groups excluding tert-OH is 5. The Morgan fingerprint density at radius 3 is 1.47 bits per heavy atom. The number of carbonyl (C=O) groups excluding carboxylic acids is 1. The van der Waals surface area contributed by atoms with Crippen molar-refractivity contribution in [3.8, 4) is 0 Å². The van der Waals surface area contributed by atoms with Crippen LogP contribution in [-0.2, 0) is 14.3 Å². The van der Waals surface area contributed by atoms with E-state index in [1.165, 1.54) is 141 Å². The van der Waals surface area contributed by atoms with E-state index < -0.39 is 49.5 Å². The molecule has 1 aliphatic rings. The monoisotopic (exact) mass is 810 g/mol. The van der Waals surface area contributed by atoms with Gasteiger partial charge in [0.1, 0.15) is 24.4 Å². The Morgan fingerprint density at radius 2 is 1.00 bits per heavy atom. The minimum absolute atomic E-state index is 0.191. The highest BCUT2D eigenvalue weighted by atomic mass is 16.7. The van der Waals surface area contributed by atoms with E-state index in [9.17, 15) is 30.3 Å². The van der Waals surface area contributed by atoms with Crippen molar-refractivity contribution in [2.75, 3.05) is 13.2 Å². The number of carbonyl (C=O) groups is 1. The number of ether oxygens (including phenoxy) is 2. The second kappa shape index (κ2) is 38.8. The van der Waals surface area contributed by atoms with Crippen LogP contribution in [0.25, 0.3) is 0 Å². The van der Waals surface area contributed by atoms with Gasteiger partial charge in [0.05, 0.1) is 25.4 Å².